The van der Waals surface area contributed by atoms with Crippen molar-refractivity contribution in [2.75, 3.05) is 13.2 Å². The number of hydrogen-bond donors (Lipinski definition) is 3. The van der Waals surface area contributed by atoms with Crippen molar-refractivity contribution in [2.45, 2.75) is 0 Å². The van der Waals surface area contributed by atoms with Crippen LogP contribution in [0.4, 0.5) is 4.79 Å². The number of halogens is 1. The summed E-state index contributed by atoms with van der Waals surface area (Å²) in [5, 5.41) is 14.1. The zero-order valence-corrected chi connectivity index (χ0v) is 9.37. The Kier molecular flexibility index (Phi) is 5.39. The number of benzene rings is 1. The van der Waals surface area contributed by atoms with Gasteiger partial charge in [-0.2, -0.15) is 0 Å². The molecule has 0 spiro atoms. The molecule has 0 radical (unpaired) electrons. The molecule has 0 bridgehead atoms. The SMILES string of the molecule is O=C(N/C=C/c1cccc(Cl)c1)NCCO. The van der Waals surface area contributed by atoms with E-state index < -0.39 is 0 Å². The Balaban J connectivity index is 2.40. The number of nitrogens with one attached hydrogen (secondary N) is 2. The summed E-state index contributed by atoms with van der Waals surface area (Å²) in [6.45, 7) is 0.155. The van der Waals surface area contributed by atoms with Gasteiger partial charge in [-0.3, -0.25) is 0 Å². The van der Waals surface area contributed by atoms with Gasteiger partial charge in [-0.25, -0.2) is 4.79 Å². The largest absolute Gasteiger partial charge is 0.395 e. The number of amides is 2. The molecule has 0 unspecified atom stereocenters. The standard InChI is InChI=1S/C11H13ClN2O2/c12-10-3-1-2-9(8-10)4-5-13-11(16)14-6-7-15/h1-5,8,15H,6-7H2,(H2,13,14,16)/b5-4+. The monoisotopic (exact) mass is 240 g/mol. The number of urea groups is 1. The number of rotatable bonds is 4. The molecule has 1 aromatic rings. The highest BCUT2D eigenvalue weighted by molar-refractivity contribution is 6.30. The van der Waals surface area contributed by atoms with Crippen LogP contribution in [0.25, 0.3) is 6.08 Å². The van der Waals surface area contributed by atoms with Gasteiger partial charge in [-0.1, -0.05) is 23.7 Å². The molecule has 0 heterocycles. The molecule has 0 saturated carbocycles. The number of carbonyl (C=O) groups excluding carboxylic acids is 1. The average molecular weight is 241 g/mol. The fourth-order valence-corrected chi connectivity index (χ4v) is 1.24. The van der Waals surface area contributed by atoms with Crippen LogP contribution in [-0.2, 0) is 0 Å². The summed E-state index contributed by atoms with van der Waals surface area (Å²) >= 11 is 5.79. The van der Waals surface area contributed by atoms with E-state index in [4.69, 9.17) is 16.7 Å². The van der Waals surface area contributed by atoms with E-state index in [0.717, 1.165) is 5.56 Å². The predicted octanol–water partition coefficient (Wildman–Crippen LogP) is 1.60. The number of aliphatic hydroxyl groups excluding tert-OH is 1. The van der Waals surface area contributed by atoms with E-state index >= 15 is 0 Å². The fourth-order valence-electron chi connectivity index (χ4n) is 1.04. The molecule has 16 heavy (non-hydrogen) atoms. The van der Waals surface area contributed by atoms with Crippen molar-refractivity contribution in [1.29, 1.82) is 0 Å². The van der Waals surface area contributed by atoms with Crippen LogP contribution in [-0.4, -0.2) is 24.3 Å². The minimum absolute atomic E-state index is 0.0779. The second-order valence-electron chi connectivity index (χ2n) is 3.01. The van der Waals surface area contributed by atoms with Crippen LogP contribution >= 0.6 is 11.6 Å². The zero-order chi connectivity index (χ0) is 11.8. The first-order valence-electron chi connectivity index (χ1n) is 4.79. The van der Waals surface area contributed by atoms with Crippen LogP contribution in [0.5, 0.6) is 0 Å². The van der Waals surface area contributed by atoms with Crippen molar-refractivity contribution >= 4 is 23.7 Å². The average Bonchev–Trinajstić information content (AvgIpc) is 2.26. The molecule has 2 amide bonds. The third-order valence-corrected chi connectivity index (χ3v) is 1.97. The van der Waals surface area contributed by atoms with Crippen molar-refractivity contribution in [2.24, 2.45) is 0 Å². The van der Waals surface area contributed by atoms with Crippen LogP contribution in [0, 0.1) is 0 Å². The number of aliphatic hydroxyl groups is 1. The molecule has 0 fully saturated rings. The van der Waals surface area contributed by atoms with Gasteiger partial charge in [0.2, 0.25) is 0 Å². The maximum absolute atomic E-state index is 11.0. The number of carbonyl (C=O) groups is 1. The van der Waals surface area contributed by atoms with Gasteiger partial charge in [0.05, 0.1) is 6.61 Å². The third kappa shape index (κ3) is 4.82. The molecule has 0 aromatic heterocycles. The molecule has 5 heteroatoms. The van der Waals surface area contributed by atoms with Crippen LogP contribution in [0.2, 0.25) is 5.02 Å². The molecule has 0 saturated heterocycles. The lowest BCUT2D eigenvalue weighted by atomic mass is 10.2. The minimum Gasteiger partial charge on any atom is -0.395 e. The van der Waals surface area contributed by atoms with Crippen molar-refractivity contribution in [3.63, 3.8) is 0 Å². The van der Waals surface area contributed by atoms with Crippen molar-refractivity contribution in [3.8, 4) is 0 Å². The molecule has 1 aromatic carbocycles. The van der Waals surface area contributed by atoms with E-state index in [-0.39, 0.29) is 19.2 Å². The first-order chi connectivity index (χ1) is 7.72. The fraction of sp³-hybridized carbons (Fsp3) is 0.182. The van der Waals surface area contributed by atoms with E-state index in [9.17, 15) is 4.79 Å². The van der Waals surface area contributed by atoms with Gasteiger partial charge in [-0.15, -0.1) is 0 Å². The Hall–Kier alpha value is -1.52. The van der Waals surface area contributed by atoms with Gasteiger partial charge >= 0.3 is 6.03 Å². The van der Waals surface area contributed by atoms with Gasteiger partial charge in [0.25, 0.3) is 0 Å². The maximum atomic E-state index is 11.0. The van der Waals surface area contributed by atoms with Crippen LogP contribution in [0.1, 0.15) is 5.56 Å². The van der Waals surface area contributed by atoms with Gasteiger partial charge in [0, 0.05) is 17.8 Å². The molecule has 0 aliphatic heterocycles. The molecule has 1 rings (SSSR count). The molecule has 0 aliphatic rings. The molecule has 0 atom stereocenters. The topological polar surface area (TPSA) is 61.4 Å². The molecule has 3 N–H and O–H groups in total. The maximum Gasteiger partial charge on any atom is 0.318 e. The molecular formula is C11H13ClN2O2. The molecule has 86 valence electrons. The van der Waals surface area contributed by atoms with Crippen molar-refractivity contribution < 1.29 is 9.90 Å². The molecular weight excluding hydrogens is 228 g/mol. The molecule has 4 nitrogen and oxygen atoms in total. The lowest BCUT2D eigenvalue weighted by Gasteiger charge is -2.01. The summed E-state index contributed by atoms with van der Waals surface area (Å²) < 4.78 is 0. The van der Waals surface area contributed by atoms with E-state index in [0.29, 0.717) is 5.02 Å². The van der Waals surface area contributed by atoms with Gasteiger partial charge < -0.3 is 15.7 Å². The van der Waals surface area contributed by atoms with Crippen LogP contribution in [0.3, 0.4) is 0 Å². The van der Waals surface area contributed by atoms with Crippen molar-refractivity contribution in [3.05, 3.63) is 41.1 Å². The Bertz CT molecular complexity index is 380. The lowest BCUT2D eigenvalue weighted by Crippen LogP contribution is -2.33. The summed E-state index contributed by atoms with van der Waals surface area (Å²) in [5.74, 6) is 0. The second-order valence-corrected chi connectivity index (χ2v) is 3.45. The second kappa shape index (κ2) is 6.87. The van der Waals surface area contributed by atoms with Crippen LogP contribution in [0.15, 0.2) is 30.5 Å². The quantitative estimate of drug-likeness (QED) is 0.749. The Morgan fingerprint density at radius 2 is 2.31 bits per heavy atom. The first-order valence-corrected chi connectivity index (χ1v) is 5.17. The summed E-state index contributed by atoms with van der Waals surface area (Å²) in [7, 11) is 0. The highest BCUT2D eigenvalue weighted by Gasteiger charge is 1.94. The summed E-state index contributed by atoms with van der Waals surface area (Å²) in [6.07, 6.45) is 3.24. The summed E-state index contributed by atoms with van der Waals surface area (Å²) in [6, 6.07) is 6.90. The zero-order valence-electron chi connectivity index (χ0n) is 8.61. The van der Waals surface area contributed by atoms with Gasteiger partial charge in [0.15, 0.2) is 0 Å². The van der Waals surface area contributed by atoms with Crippen LogP contribution < -0.4 is 10.6 Å². The van der Waals surface area contributed by atoms with Gasteiger partial charge in [-0.05, 0) is 23.8 Å². The van der Waals surface area contributed by atoms with E-state index in [1.807, 2.05) is 12.1 Å². The lowest BCUT2D eigenvalue weighted by molar-refractivity contribution is 0.237. The smallest absolute Gasteiger partial charge is 0.318 e. The first kappa shape index (κ1) is 12.5. The predicted molar refractivity (Wildman–Crippen MR) is 64.1 cm³/mol. The molecule has 0 aliphatic carbocycles. The Labute approximate surface area is 98.9 Å². The highest BCUT2D eigenvalue weighted by atomic mass is 35.5. The van der Waals surface area contributed by atoms with E-state index in [1.54, 1.807) is 18.2 Å². The van der Waals surface area contributed by atoms with Crippen molar-refractivity contribution in [1.82, 2.24) is 10.6 Å². The van der Waals surface area contributed by atoms with E-state index in [2.05, 4.69) is 10.6 Å². The minimum atomic E-state index is -0.354. The highest BCUT2D eigenvalue weighted by Crippen LogP contribution is 2.11. The third-order valence-electron chi connectivity index (χ3n) is 1.74. The summed E-state index contributed by atoms with van der Waals surface area (Å²) in [4.78, 5) is 11.0. The Morgan fingerprint density at radius 3 is 3.00 bits per heavy atom. The normalized spacial score (nSPS) is 10.4. The van der Waals surface area contributed by atoms with Gasteiger partial charge in [0.1, 0.15) is 0 Å². The number of hydrogen-bond acceptors (Lipinski definition) is 2. The summed E-state index contributed by atoms with van der Waals surface area (Å²) in [5.41, 5.74) is 0.898. The Morgan fingerprint density at radius 1 is 1.50 bits per heavy atom. The van der Waals surface area contributed by atoms with E-state index in [1.165, 1.54) is 6.20 Å².